The topological polar surface area (TPSA) is 89.9 Å². The van der Waals surface area contributed by atoms with Crippen LogP contribution in [0.15, 0.2) is 52.1 Å². The normalized spacial score (nSPS) is 10.4. The molecule has 0 saturated carbocycles. The summed E-state index contributed by atoms with van der Waals surface area (Å²) in [7, 11) is 1.54. The summed E-state index contributed by atoms with van der Waals surface area (Å²) in [6.07, 6.45) is 0. The smallest absolute Gasteiger partial charge is 0.352 e. The van der Waals surface area contributed by atoms with Crippen molar-refractivity contribution in [3.8, 4) is 17.5 Å². The molecule has 3 aromatic rings. The van der Waals surface area contributed by atoms with Crippen molar-refractivity contribution in [2.75, 3.05) is 7.11 Å². The Bertz CT molecular complexity index is 1170. The average molecular weight is 362 g/mol. The lowest BCUT2D eigenvalue weighted by molar-refractivity contribution is 0.414. The molecule has 7 nitrogen and oxygen atoms in total. The van der Waals surface area contributed by atoms with E-state index in [1.807, 2.05) is 19.9 Å². The van der Waals surface area contributed by atoms with Gasteiger partial charge in [-0.15, -0.1) is 5.10 Å². The van der Waals surface area contributed by atoms with E-state index in [-0.39, 0.29) is 12.2 Å². The standard InChI is InChI=1S/C20H18N4O3/c1-13-7-8-16(9-14(13)2)24-20(26)23(19(25)18(11-21)22-24)12-15-5-4-6-17(10-15)27-3/h4-10H,12H2,1-3H3. The van der Waals surface area contributed by atoms with Crippen LogP contribution >= 0.6 is 0 Å². The van der Waals surface area contributed by atoms with Crippen molar-refractivity contribution < 1.29 is 4.74 Å². The van der Waals surface area contributed by atoms with Gasteiger partial charge >= 0.3 is 5.69 Å². The zero-order chi connectivity index (χ0) is 19.6. The van der Waals surface area contributed by atoms with E-state index in [1.54, 1.807) is 42.5 Å². The van der Waals surface area contributed by atoms with E-state index in [1.165, 1.54) is 7.11 Å². The van der Waals surface area contributed by atoms with Crippen LogP contribution in [0.25, 0.3) is 5.69 Å². The number of nitriles is 1. The predicted octanol–water partition coefficient (Wildman–Crippen LogP) is 1.94. The minimum absolute atomic E-state index is 0.0108. The molecule has 136 valence electrons. The van der Waals surface area contributed by atoms with Crippen LogP contribution in [0.3, 0.4) is 0 Å². The van der Waals surface area contributed by atoms with Gasteiger partial charge < -0.3 is 4.74 Å². The summed E-state index contributed by atoms with van der Waals surface area (Å²) in [5.74, 6) is 0.615. The molecule has 1 heterocycles. The number of methoxy groups -OCH3 is 1. The number of aromatic nitrogens is 3. The summed E-state index contributed by atoms with van der Waals surface area (Å²) in [6, 6.07) is 14.2. The number of hydrogen-bond acceptors (Lipinski definition) is 5. The Morgan fingerprint density at radius 1 is 1.11 bits per heavy atom. The van der Waals surface area contributed by atoms with Gasteiger partial charge in [0.05, 0.1) is 19.3 Å². The molecule has 0 atom stereocenters. The van der Waals surface area contributed by atoms with E-state index in [0.717, 1.165) is 20.4 Å². The first-order valence-electron chi connectivity index (χ1n) is 8.29. The zero-order valence-corrected chi connectivity index (χ0v) is 15.3. The van der Waals surface area contributed by atoms with Crippen LogP contribution < -0.4 is 16.0 Å². The first kappa shape index (κ1) is 18.1. The second-order valence-electron chi connectivity index (χ2n) is 6.17. The highest BCUT2D eigenvalue weighted by atomic mass is 16.5. The Morgan fingerprint density at radius 3 is 2.56 bits per heavy atom. The fourth-order valence-electron chi connectivity index (χ4n) is 2.70. The van der Waals surface area contributed by atoms with Crippen LogP contribution in [0.2, 0.25) is 0 Å². The molecule has 3 rings (SSSR count). The Kier molecular flexibility index (Phi) is 4.90. The van der Waals surface area contributed by atoms with E-state index >= 15 is 0 Å². The zero-order valence-electron chi connectivity index (χ0n) is 15.3. The summed E-state index contributed by atoms with van der Waals surface area (Å²) >= 11 is 0. The summed E-state index contributed by atoms with van der Waals surface area (Å²) in [6.45, 7) is 3.89. The monoisotopic (exact) mass is 362 g/mol. The van der Waals surface area contributed by atoms with Gasteiger partial charge in [0.15, 0.2) is 0 Å². The molecule has 2 aromatic carbocycles. The maximum atomic E-state index is 12.9. The van der Waals surface area contributed by atoms with Gasteiger partial charge in [0.25, 0.3) is 5.56 Å². The molecule has 7 heteroatoms. The van der Waals surface area contributed by atoms with Gasteiger partial charge in [-0.05, 0) is 54.8 Å². The molecule has 27 heavy (non-hydrogen) atoms. The second-order valence-corrected chi connectivity index (χ2v) is 6.17. The van der Waals surface area contributed by atoms with Crippen molar-refractivity contribution in [1.29, 1.82) is 5.26 Å². The van der Waals surface area contributed by atoms with E-state index in [9.17, 15) is 14.9 Å². The lowest BCUT2D eigenvalue weighted by Crippen LogP contribution is -2.42. The second kappa shape index (κ2) is 7.30. The quantitative estimate of drug-likeness (QED) is 0.707. The van der Waals surface area contributed by atoms with Gasteiger partial charge in [0.1, 0.15) is 11.8 Å². The summed E-state index contributed by atoms with van der Waals surface area (Å²) in [4.78, 5) is 25.5. The number of hydrogen-bond donors (Lipinski definition) is 0. The van der Waals surface area contributed by atoms with Crippen molar-refractivity contribution in [2.45, 2.75) is 20.4 Å². The number of ether oxygens (including phenoxy) is 1. The van der Waals surface area contributed by atoms with Gasteiger partial charge in [-0.2, -0.15) is 9.94 Å². The third-order valence-corrected chi connectivity index (χ3v) is 4.38. The van der Waals surface area contributed by atoms with Crippen LogP contribution in [0, 0.1) is 25.2 Å². The lowest BCUT2D eigenvalue weighted by atomic mass is 10.1. The van der Waals surface area contributed by atoms with Gasteiger partial charge in [0.2, 0.25) is 5.69 Å². The van der Waals surface area contributed by atoms with E-state index in [0.29, 0.717) is 17.0 Å². The SMILES string of the molecule is COc1cccc(Cn2c(=O)c(C#N)nn(-c3ccc(C)c(C)c3)c2=O)c1. The Morgan fingerprint density at radius 2 is 1.89 bits per heavy atom. The van der Waals surface area contributed by atoms with E-state index in [4.69, 9.17) is 4.74 Å². The van der Waals surface area contributed by atoms with Crippen LogP contribution in [-0.4, -0.2) is 21.5 Å². The first-order chi connectivity index (χ1) is 12.9. The molecule has 0 fully saturated rings. The molecule has 0 radical (unpaired) electrons. The fourth-order valence-corrected chi connectivity index (χ4v) is 2.70. The first-order valence-corrected chi connectivity index (χ1v) is 8.29. The largest absolute Gasteiger partial charge is 0.497 e. The number of benzene rings is 2. The van der Waals surface area contributed by atoms with Crippen molar-refractivity contribution in [1.82, 2.24) is 14.3 Å². The van der Waals surface area contributed by atoms with Crippen LogP contribution in [0.1, 0.15) is 22.4 Å². The van der Waals surface area contributed by atoms with Gasteiger partial charge in [0, 0.05) is 0 Å². The van der Waals surface area contributed by atoms with Gasteiger partial charge in [-0.3, -0.25) is 9.36 Å². The van der Waals surface area contributed by atoms with E-state index < -0.39 is 11.2 Å². The molecule has 0 spiro atoms. The average Bonchev–Trinajstić information content (AvgIpc) is 2.68. The minimum atomic E-state index is -0.717. The summed E-state index contributed by atoms with van der Waals surface area (Å²) < 4.78 is 7.28. The van der Waals surface area contributed by atoms with Crippen molar-refractivity contribution in [2.24, 2.45) is 0 Å². The molecular formula is C20H18N4O3. The van der Waals surface area contributed by atoms with Crippen LogP contribution in [-0.2, 0) is 6.54 Å². The summed E-state index contributed by atoms with van der Waals surface area (Å²) in [5, 5.41) is 13.2. The Labute approximate surface area is 155 Å². The number of aryl methyl sites for hydroxylation is 2. The predicted molar refractivity (Wildman–Crippen MR) is 100 cm³/mol. The third-order valence-electron chi connectivity index (χ3n) is 4.38. The van der Waals surface area contributed by atoms with Gasteiger partial charge in [-0.1, -0.05) is 18.2 Å². The van der Waals surface area contributed by atoms with Crippen molar-refractivity contribution in [3.05, 3.63) is 85.7 Å². The maximum Gasteiger partial charge on any atom is 0.352 e. The number of nitrogens with zero attached hydrogens (tertiary/aromatic N) is 4. The fraction of sp³-hybridized carbons (Fsp3) is 0.200. The highest BCUT2D eigenvalue weighted by Gasteiger charge is 2.15. The maximum absolute atomic E-state index is 12.9. The molecule has 0 aliphatic carbocycles. The molecule has 0 amide bonds. The minimum Gasteiger partial charge on any atom is -0.497 e. The van der Waals surface area contributed by atoms with Gasteiger partial charge in [-0.25, -0.2) is 4.79 Å². The van der Waals surface area contributed by atoms with Crippen LogP contribution in [0.4, 0.5) is 0 Å². The molecule has 0 aliphatic heterocycles. The molecular weight excluding hydrogens is 344 g/mol. The van der Waals surface area contributed by atoms with Crippen molar-refractivity contribution in [3.63, 3.8) is 0 Å². The molecule has 0 aliphatic rings. The lowest BCUT2D eigenvalue weighted by Gasteiger charge is -2.11. The molecule has 1 aromatic heterocycles. The highest BCUT2D eigenvalue weighted by molar-refractivity contribution is 5.39. The van der Waals surface area contributed by atoms with Crippen LogP contribution in [0.5, 0.6) is 5.75 Å². The third kappa shape index (κ3) is 3.51. The number of rotatable bonds is 4. The molecule has 0 N–H and O–H groups in total. The Balaban J connectivity index is 2.19. The molecule has 0 bridgehead atoms. The Hall–Kier alpha value is -3.66. The van der Waals surface area contributed by atoms with Crippen molar-refractivity contribution >= 4 is 0 Å². The van der Waals surface area contributed by atoms with E-state index in [2.05, 4.69) is 5.10 Å². The molecule has 0 saturated heterocycles. The highest BCUT2D eigenvalue weighted by Crippen LogP contribution is 2.14. The summed E-state index contributed by atoms with van der Waals surface area (Å²) in [5.41, 5.74) is 1.59. The molecule has 0 unspecified atom stereocenters.